The summed E-state index contributed by atoms with van der Waals surface area (Å²) in [5.74, 6) is 0.731. The molecule has 0 unspecified atom stereocenters. The molecular weight excluding hydrogens is 319 g/mol. The van der Waals surface area contributed by atoms with Gasteiger partial charge in [-0.15, -0.1) is 0 Å². The van der Waals surface area contributed by atoms with E-state index < -0.39 is 0 Å². The third kappa shape index (κ3) is 3.11. The molecule has 0 bridgehead atoms. The van der Waals surface area contributed by atoms with Gasteiger partial charge in [0.2, 0.25) is 0 Å². The number of rotatable bonds is 4. The van der Waals surface area contributed by atoms with Crippen LogP contribution in [0.15, 0.2) is 48.5 Å². The molecule has 0 aliphatic rings. The van der Waals surface area contributed by atoms with Crippen LogP contribution in [0.25, 0.3) is 10.9 Å². The van der Waals surface area contributed by atoms with Crippen molar-refractivity contribution in [3.8, 4) is 5.75 Å². The number of aromatic nitrogens is 1. The van der Waals surface area contributed by atoms with E-state index in [9.17, 15) is 0 Å². The Labute approximate surface area is 138 Å². The van der Waals surface area contributed by atoms with E-state index in [0.29, 0.717) is 16.7 Å². The summed E-state index contributed by atoms with van der Waals surface area (Å²) in [6, 6.07) is 15.4. The number of methoxy groups -OCH3 is 1. The molecule has 0 saturated carbocycles. The summed E-state index contributed by atoms with van der Waals surface area (Å²) < 4.78 is 5.32. The molecule has 2 aromatic carbocycles. The molecule has 0 aliphatic carbocycles. The average Bonchev–Trinajstić information content (AvgIpc) is 2.53. The molecule has 3 aromatic rings. The largest absolute Gasteiger partial charge is 0.495 e. The number of anilines is 1. The van der Waals surface area contributed by atoms with E-state index >= 15 is 0 Å². The average molecular weight is 333 g/mol. The summed E-state index contributed by atoms with van der Waals surface area (Å²) in [6.07, 6.45) is 0. The van der Waals surface area contributed by atoms with Crippen molar-refractivity contribution in [3.63, 3.8) is 0 Å². The molecule has 1 heterocycles. The van der Waals surface area contributed by atoms with Crippen LogP contribution < -0.4 is 10.1 Å². The first-order valence-corrected chi connectivity index (χ1v) is 7.54. The number of nitrogens with one attached hydrogen (secondary N) is 1. The third-order valence-electron chi connectivity index (χ3n) is 3.38. The van der Waals surface area contributed by atoms with E-state index in [0.717, 1.165) is 27.9 Å². The number of hydrogen-bond donors (Lipinski definition) is 1. The van der Waals surface area contributed by atoms with Gasteiger partial charge in [0, 0.05) is 22.5 Å². The zero-order valence-electron chi connectivity index (χ0n) is 11.9. The fourth-order valence-corrected chi connectivity index (χ4v) is 2.65. The minimum Gasteiger partial charge on any atom is -0.495 e. The van der Waals surface area contributed by atoms with Gasteiger partial charge in [-0.3, -0.25) is 0 Å². The lowest BCUT2D eigenvalue weighted by atomic mass is 10.1. The second kappa shape index (κ2) is 6.42. The molecule has 0 fully saturated rings. The van der Waals surface area contributed by atoms with Crippen molar-refractivity contribution in [2.45, 2.75) is 6.54 Å². The highest BCUT2D eigenvalue weighted by molar-refractivity contribution is 6.31. The molecule has 0 aliphatic heterocycles. The Bertz CT molecular complexity index is 821. The normalized spacial score (nSPS) is 10.7. The number of pyridine rings is 1. The Kier molecular flexibility index (Phi) is 4.36. The quantitative estimate of drug-likeness (QED) is 0.670. The number of ether oxygens (including phenoxy) is 1. The Morgan fingerprint density at radius 3 is 2.73 bits per heavy atom. The van der Waals surface area contributed by atoms with Gasteiger partial charge in [0.1, 0.15) is 10.9 Å². The summed E-state index contributed by atoms with van der Waals surface area (Å²) >= 11 is 12.3. The highest BCUT2D eigenvalue weighted by Crippen LogP contribution is 2.29. The molecule has 0 saturated heterocycles. The van der Waals surface area contributed by atoms with Crippen LogP contribution in [0.1, 0.15) is 5.56 Å². The van der Waals surface area contributed by atoms with E-state index in [-0.39, 0.29) is 0 Å². The zero-order valence-corrected chi connectivity index (χ0v) is 13.4. The third-order valence-corrected chi connectivity index (χ3v) is 3.94. The summed E-state index contributed by atoms with van der Waals surface area (Å²) in [5, 5.41) is 5.49. The van der Waals surface area contributed by atoms with Crippen molar-refractivity contribution in [2.24, 2.45) is 0 Å². The van der Waals surface area contributed by atoms with Gasteiger partial charge in [-0.2, -0.15) is 0 Å². The van der Waals surface area contributed by atoms with Crippen molar-refractivity contribution >= 4 is 39.8 Å². The number of benzene rings is 2. The molecule has 3 rings (SSSR count). The van der Waals surface area contributed by atoms with Crippen molar-refractivity contribution in [2.75, 3.05) is 12.4 Å². The molecular formula is C17H14Cl2N2O. The molecule has 0 atom stereocenters. The van der Waals surface area contributed by atoms with E-state index in [4.69, 9.17) is 27.9 Å². The topological polar surface area (TPSA) is 34.1 Å². The van der Waals surface area contributed by atoms with E-state index in [1.165, 1.54) is 0 Å². The predicted molar refractivity (Wildman–Crippen MR) is 92.1 cm³/mol. The molecule has 112 valence electrons. The maximum atomic E-state index is 6.27. The minimum absolute atomic E-state index is 0.493. The van der Waals surface area contributed by atoms with Crippen molar-refractivity contribution in [3.05, 3.63) is 64.3 Å². The first-order chi connectivity index (χ1) is 10.7. The monoisotopic (exact) mass is 332 g/mol. The molecule has 1 aromatic heterocycles. The predicted octanol–water partition coefficient (Wildman–Crippen LogP) is 5.16. The molecule has 5 heteroatoms. The van der Waals surface area contributed by atoms with E-state index in [1.54, 1.807) is 13.2 Å². The minimum atomic E-state index is 0.493. The molecule has 3 nitrogen and oxygen atoms in total. The van der Waals surface area contributed by atoms with Gasteiger partial charge >= 0.3 is 0 Å². The van der Waals surface area contributed by atoms with Crippen LogP contribution in [0.3, 0.4) is 0 Å². The lowest BCUT2D eigenvalue weighted by Gasteiger charge is -2.12. The fraction of sp³-hybridized carbons (Fsp3) is 0.118. The Hall–Kier alpha value is -1.97. The number of hydrogen-bond acceptors (Lipinski definition) is 3. The molecule has 0 radical (unpaired) electrons. The summed E-state index contributed by atoms with van der Waals surface area (Å²) in [6.45, 7) is 0.535. The van der Waals surface area contributed by atoms with Crippen molar-refractivity contribution in [1.29, 1.82) is 0 Å². The Morgan fingerprint density at radius 2 is 1.91 bits per heavy atom. The second-order valence-electron chi connectivity index (χ2n) is 4.83. The van der Waals surface area contributed by atoms with E-state index in [2.05, 4.69) is 10.3 Å². The Morgan fingerprint density at radius 1 is 1.09 bits per heavy atom. The number of fused-ring (bicyclic) bond motifs is 1. The number of para-hydroxylation sites is 1. The SMILES string of the molecule is COc1ccc(Cl)cc1NCc1cc2ccccc2nc1Cl. The second-order valence-corrected chi connectivity index (χ2v) is 5.62. The summed E-state index contributed by atoms with van der Waals surface area (Å²) in [7, 11) is 1.62. The van der Waals surface area contributed by atoms with Gasteiger partial charge in [-0.1, -0.05) is 41.4 Å². The maximum Gasteiger partial charge on any atom is 0.142 e. The highest BCUT2D eigenvalue weighted by Gasteiger charge is 2.07. The summed E-state index contributed by atoms with van der Waals surface area (Å²) in [5.41, 5.74) is 2.62. The summed E-state index contributed by atoms with van der Waals surface area (Å²) in [4.78, 5) is 4.42. The van der Waals surface area contributed by atoms with Gasteiger partial charge in [-0.05, 0) is 30.3 Å². The van der Waals surface area contributed by atoms with Gasteiger partial charge in [0.05, 0.1) is 18.3 Å². The molecule has 0 amide bonds. The van der Waals surface area contributed by atoms with E-state index in [1.807, 2.05) is 42.5 Å². The standard InChI is InChI=1S/C17H14Cl2N2O/c1-22-16-7-6-13(18)9-15(16)20-10-12-8-11-4-2-3-5-14(11)21-17(12)19/h2-9,20H,10H2,1H3. The van der Waals surface area contributed by atoms with Gasteiger partial charge < -0.3 is 10.1 Å². The van der Waals surface area contributed by atoms with Crippen LogP contribution in [-0.2, 0) is 6.54 Å². The smallest absolute Gasteiger partial charge is 0.142 e. The lowest BCUT2D eigenvalue weighted by Crippen LogP contribution is -2.03. The number of halogens is 2. The van der Waals surface area contributed by atoms with Crippen LogP contribution in [-0.4, -0.2) is 12.1 Å². The Balaban J connectivity index is 1.88. The van der Waals surface area contributed by atoms with Crippen LogP contribution in [0.4, 0.5) is 5.69 Å². The van der Waals surface area contributed by atoms with Gasteiger partial charge in [0.25, 0.3) is 0 Å². The maximum absolute atomic E-state index is 6.27. The van der Waals surface area contributed by atoms with Crippen LogP contribution in [0, 0.1) is 0 Å². The first kappa shape index (κ1) is 14.9. The fourth-order valence-electron chi connectivity index (χ4n) is 2.27. The van der Waals surface area contributed by atoms with Gasteiger partial charge in [0.15, 0.2) is 0 Å². The van der Waals surface area contributed by atoms with Crippen molar-refractivity contribution < 1.29 is 4.74 Å². The number of nitrogens with zero attached hydrogens (tertiary/aromatic N) is 1. The van der Waals surface area contributed by atoms with Crippen molar-refractivity contribution in [1.82, 2.24) is 4.98 Å². The van der Waals surface area contributed by atoms with Crippen LogP contribution >= 0.6 is 23.2 Å². The van der Waals surface area contributed by atoms with Gasteiger partial charge in [-0.25, -0.2) is 4.98 Å². The van der Waals surface area contributed by atoms with Crippen LogP contribution in [0.5, 0.6) is 5.75 Å². The molecule has 22 heavy (non-hydrogen) atoms. The lowest BCUT2D eigenvalue weighted by molar-refractivity contribution is 0.416. The zero-order chi connectivity index (χ0) is 15.5. The highest BCUT2D eigenvalue weighted by atomic mass is 35.5. The molecule has 1 N–H and O–H groups in total. The first-order valence-electron chi connectivity index (χ1n) is 6.79. The molecule has 0 spiro atoms. The van der Waals surface area contributed by atoms with Crippen LogP contribution in [0.2, 0.25) is 10.2 Å².